The number of nitrogens with zero attached hydrogens (tertiary/aromatic N) is 1. The average Bonchev–Trinajstić information content (AvgIpc) is 2.44. The lowest BCUT2D eigenvalue weighted by molar-refractivity contribution is 0.0160. The van der Waals surface area contributed by atoms with Crippen molar-refractivity contribution in [3.8, 4) is 0 Å². The van der Waals surface area contributed by atoms with Crippen molar-refractivity contribution < 1.29 is 9.53 Å². The Labute approximate surface area is 131 Å². The molecule has 3 nitrogen and oxygen atoms in total. The molecule has 1 aliphatic rings. The quantitative estimate of drug-likeness (QED) is 0.705. The minimum Gasteiger partial charge on any atom is -0.444 e. The number of benzene rings is 2. The van der Waals surface area contributed by atoms with Crippen LogP contribution in [0.5, 0.6) is 0 Å². The molecule has 0 radical (unpaired) electrons. The molecule has 0 fully saturated rings. The van der Waals surface area contributed by atoms with Gasteiger partial charge in [0.15, 0.2) is 0 Å². The molecule has 1 atom stereocenters. The van der Waals surface area contributed by atoms with Gasteiger partial charge in [-0.05, 0) is 62.1 Å². The normalized spacial score (nSPS) is 18.2. The third kappa shape index (κ3) is 2.80. The number of carbonyl (C=O) groups is 1. The molecule has 1 amide bonds. The molecule has 0 aliphatic carbocycles. The Morgan fingerprint density at radius 2 is 1.82 bits per heavy atom. The van der Waals surface area contributed by atoms with Gasteiger partial charge in [0.1, 0.15) is 5.60 Å². The average molecular weight is 297 g/mol. The van der Waals surface area contributed by atoms with Crippen molar-refractivity contribution in [3.63, 3.8) is 0 Å². The number of ether oxygens (including phenoxy) is 1. The number of hydrogen-bond donors (Lipinski definition) is 0. The molecule has 1 aliphatic heterocycles. The van der Waals surface area contributed by atoms with E-state index in [0.717, 1.165) is 6.42 Å². The standard InChI is InChI=1S/C19H23NO2/c1-13-17-12-15-8-6-5-7-14(15)11-16(17)9-10-20(13)18(21)22-19(2,3)4/h5-8,11-13H,9-10H2,1-4H3/t13-/m0/s1. The number of rotatable bonds is 0. The Morgan fingerprint density at radius 1 is 1.18 bits per heavy atom. The molecule has 0 saturated heterocycles. The third-order valence-electron chi connectivity index (χ3n) is 4.18. The smallest absolute Gasteiger partial charge is 0.410 e. The summed E-state index contributed by atoms with van der Waals surface area (Å²) in [5.74, 6) is 0. The van der Waals surface area contributed by atoms with Crippen LogP contribution in [0, 0.1) is 0 Å². The van der Waals surface area contributed by atoms with Crippen LogP contribution in [0.15, 0.2) is 36.4 Å². The van der Waals surface area contributed by atoms with Gasteiger partial charge in [-0.2, -0.15) is 0 Å². The van der Waals surface area contributed by atoms with Crippen LogP contribution in [-0.2, 0) is 11.2 Å². The molecule has 0 unspecified atom stereocenters. The first-order chi connectivity index (χ1) is 10.3. The SMILES string of the molecule is C[C@H]1c2cc3ccccc3cc2CCN1C(=O)OC(C)(C)C. The van der Waals surface area contributed by atoms with Gasteiger partial charge in [-0.15, -0.1) is 0 Å². The van der Waals surface area contributed by atoms with Gasteiger partial charge in [-0.1, -0.05) is 30.3 Å². The fourth-order valence-electron chi connectivity index (χ4n) is 3.08. The van der Waals surface area contributed by atoms with Gasteiger partial charge in [0.2, 0.25) is 0 Å². The molecule has 0 N–H and O–H groups in total. The summed E-state index contributed by atoms with van der Waals surface area (Å²) in [7, 11) is 0. The Balaban J connectivity index is 1.93. The van der Waals surface area contributed by atoms with Gasteiger partial charge in [0, 0.05) is 6.54 Å². The van der Waals surface area contributed by atoms with Crippen molar-refractivity contribution in [2.75, 3.05) is 6.54 Å². The third-order valence-corrected chi connectivity index (χ3v) is 4.18. The molecule has 0 saturated carbocycles. The summed E-state index contributed by atoms with van der Waals surface area (Å²) in [5.41, 5.74) is 2.11. The van der Waals surface area contributed by atoms with Crippen LogP contribution in [0.4, 0.5) is 4.79 Å². The number of amides is 1. The van der Waals surface area contributed by atoms with Crippen molar-refractivity contribution in [2.24, 2.45) is 0 Å². The maximum atomic E-state index is 12.4. The Hall–Kier alpha value is -2.03. The van der Waals surface area contributed by atoms with E-state index >= 15 is 0 Å². The van der Waals surface area contributed by atoms with Crippen LogP contribution in [0.25, 0.3) is 10.8 Å². The van der Waals surface area contributed by atoms with Crippen molar-refractivity contribution >= 4 is 16.9 Å². The zero-order valence-electron chi connectivity index (χ0n) is 13.7. The lowest BCUT2D eigenvalue weighted by Gasteiger charge is -2.36. The second kappa shape index (κ2) is 5.31. The summed E-state index contributed by atoms with van der Waals surface area (Å²) in [6.45, 7) is 8.50. The van der Waals surface area contributed by atoms with E-state index in [-0.39, 0.29) is 12.1 Å². The fraction of sp³-hybridized carbons (Fsp3) is 0.421. The summed E-state index contributed by atoms with van der Waals surface area (Å²) < 4.78 is 5.54. The van der Waals surface area contributed by atoms with E-state index in [1.807, 2.05) is 31.7 Å². The molecule has 0 aromatic heterocycles. The molecule has 22 heavy (non-hydrogen) atoms. The molecule has 1 heterocycles. The summed E-state index contributed by atoms with van der Waals surface area (Å²) in [4.78, 5) is 14.2. The second-order valence-electron chi connectivity index (χ2n) is 7.00. The molecule has 116 valence electrons. The van der Waals surface area contributed by atoms with Crippen molar-refractivity contribution in [1.29, 1.82) is 0 Å². The molecular formula is C19H23NO2. The summed E-state index contributed by atoms with van der Waals surface area (Å²) in [5, 5.41) is 2.48. The number of fused-ring (bicyclic) bond motifs is 2. The van der Waals surface area contributed by atoms with Crippen LogP contribution in [0.3, 0.4) is 0 Å². The summed E-state index contributed by atoms with van der Waals surface area (Å²) in [6, 6.07) is 12.9. The van der Waals surface area contributed by atoms with Crippen LogP contribution in [0.2, 0.25) is 0 Å². The molecule has 0 spiro atoms. The zero-order chi connectivity index (χ0) is 15.9. The monoisotopic (exact) mass is 297 g/mol. The van der Waals surface area contributed by atoms with Gasteiger partial charge < -0.3 is 9.64 Å². The lowest BCUT2D eigenvalue weighted by Crippen LogP contribution is -2.42. The largest absolute Gasteiger partial charge is 0.444 e. The summed E-state index contributed by atoms with van der Waals surface area (Å²) >= 11 is 0. The number of carbonyl (C=O) groups excluding carboxylic acids is 1. The van der Waals surface area contributed by atoms with Crippen molar-refractivity contribution in [1.82, 2.24) is 4.90 Å². The minimum absolute atomic E-state index is 0.0446. The van der Waals surface area contributed by atoms with E-state index in [1.54, 1.807) is 0 Å². The van der Waals surface area contributed by atoms with E-state index in [4.69, 9.17) is 4.74 Å². The Kier molecular flexibility index (Phi) is 3.59. The highest BCUT2D eigenvalue weighted by Gasteiger charge is 2.31. The minimum atomic E-state index is -0.458. The van der Waals surface area contributed by atoms with Crippen molar-refractivity contribution in [3.05, 3.63) is 47.5 Å². The topological polar surface area (TPSA) is 29.5 Å². The molecular weight excluding hydrogens is 274 g/mol. The van der Waals surface area contributed by atoms with Gasteiger partial charge in [-0.25, -0.2) is 4.79 Å². The van der Waals surface area contributed by atoms with E-state index in [2.05, 4.69) is 37.3 Å². The van der Waals surface area contributed by atoms with Crippen LogP contribution in [-0.4, -0.2) is 23.1 Å². The van der Waals surface area contributed by atoms with Crippen molar-refractivity contribution in [2.45, 2.75) is 45.8 Å². The zero-order valence-corrected chi connectivity index (χ0v) is 13.7. The number of hydrogen-bond acceptors (Lipinski definition) is 2. The predicted molar refractivity (Wildman–Crippen MR) is 89.0 cm³/mol. The Morgan fingerprint density at radius 3 is 2.45 bits per heavy atom. The van der Waals surface area contributed by atoms with Gasteiger partial charge in [-0.3, -0.25) is 0 Å². The maximum Gasteiger partial charge on any atom is 0.410 e. The van der Waals surface area contributed by atoms with E-state index in [0.29, 0.717) is 6.54 Å². The maximum absolute atomic E-state index is 12.4. The molecule has 2 aromatic carbocycles. The first-order valence-corrected chi connectivity index (χ1v) is 7.86. The summed E-state index contributed by atoms with van der Waals surface area (Å²) in [6.07, 6.45) is 0.655. The van der Waals surface area contributed by atoms with Crippen LogP contribution < -0.4 is 0 Å². The molecule has 3 heteroatoms. The van der Waals surface area contributed by atoms with E-state index < -0.39 is 5.60 Å². The molecule has 3 rings (SSSR count). The fourth-order valence-corrected chi connectivity index (χ4v) is 3.08. The highest BCUT2D eigenvalue weighted by molar-refractivity contribution is 5.84. The first kappa shape index (κ1) is 14.9. The Bertz CT molecular complexity index is 715. The molecule has 2 aromatic rings. The van der Waals surface area contributed by atoms with E-state index in [1.165, 1.54) is 21.9 Å². The van der Waals surface area contributed by atoms with Gasteiger partial charge in [0.25, 0.3) is 0 Å². The predicted octanol–water partition coefficient (Wildman–Crippen LogP) is 4.69. The van der Waals surface area contributed by atoms with Crippen LogP contribution >= 0.6 is 0 Å². The molecule has 0 bridgehead atoms. The van der Waals surface area contributed by atoms with E-state index in [9.17, 15) is 4.79 Å². The highest BCUT2D eigenvalue weighted by Crippen LogP contribution is 2.33. The van der Waals surface area contributed by atoms with Gasteiger partial charge in [0.05, 0.1) is 6.04 Å². The highest BCUT2D eigenvalue weighted by atomic mass is 16.6. The van der Waals surface area contributed by atoms with Gasteiger partial charge >= 0.3 is 6.09 Å². The first-order valence-electron chi connectivity index (χ1n) is 7.86. The second-order valence-corrected chi connectivity index (χ2v) is 7.00. The van der Waals surface area contributed by atoms with Crippen LogP contribution in [0.1, 0.15) is 44.9 Å². The lowest BCUT2D eigenvalue weighted by atomic mass is 9.91.